The molecule has 1 amide bonds. The van der Waals surface area contributed by atoms with Crippen LogP contribution in [-0.4, -0.2) is 24.5 Å². The van der Waals surface area contributed by atoms with Gasteiger partial charge in [-0.15, -0.1) is 0 Å². The maximum absolute atomic E-state index is 12.6. The van der Waals surface area contributed by atoms with E-state index >= 15 is 0 Å². The van der Waals surface area contributed by atoms with E-state index in [9.17, 15) is 4.79 Å². The van der Waals surface area contributed by atoms with Gasteiger partial charge in [0.1, 0.15) is 0 Å². The van der Waals surface area contributed by atoms with Crippen LogP contribution in [0.3, 0.4) is 0 Å². The molecule has 0 aliphatic heterocycles. The van der Waals surface area contributed by atoms with Crippen molar-refractivity contribution in [3.63, 3.8) is 0 Å². The van der Waals surface area contributed by atoms with Crippen LogP contribution < -0.4 is 10.6 Å². The zero-order valence-electron chi connectivity index (χ0n) is 13.3. The molecule has 0 aromatic heterocycles. The molecule has 0 unspecified atom stereocenters. The molecule has 2 aliphatic rings. The summed E-state index contributed by atoms with van der Waals surface area (Å²) in [5.41, 5.74) is -0.0304. The van der Waals surface area contributed by atoms with Crippen LogP contribution in [0.4, 0.5) is 0 Å². The molecule has 20 heavy (non-hydrogen) atoms. The van der Waals surface area contributed by atoms with E-state index in [2.05, 4.69) is 24.5 Å². The molecule has 2 aliphatic carbocycles. The molecule has 2 rings (SSSR count). The largest absolute Gasteiger partial charge is 0.353 e. The van der Waals surface area contributed by atoms with Gasteiger partial charge in [-0.1, -0.05) is 26.7 Å². The van der Waals surface area contributed by atoms with Crippen molar-refractivity contribution in [3.05, 3.63) is 0 Å². The number of rotatable bonds is 6. The van der Waals surface area contributed by atoms with Crippen LogP contribution in [0.25, 0.3) is 0 Å². The van der Waals surface area contributed by atoms with Crippen molar-refractivity contribution in [2.45, 2.75) is 90.1 Å². The van der Waals surface area contributed by atoms with Crippen molar-refractivity contribution >= 4 is 5.91 Å². The van der Waals surface area contributed by atoms with Crippen molar-refractivity contribution in [2.75, 3.05) is 6.54 Å². The summed E-state index contributed by atoms with van der Waals surface area (Å²) in [6, 6.07) is 1.10. The van der Waals surface area contributed by atoms with E-state index in [4.69, 9.17) is 0 Å². The molecule has 0 atom stereocenters. The molecule has 0 heterocycles. The summed E-state index contributed by atoms with van der Waals surface area (Å²) in [5, 5.41) is 6.97. The number of nitrogens with one attached hydrogen (secondary N) is 2. The predicted molar refractivity (Wildman–Crippen MR) is 83.7 cm³/mol. The summed E-state index contributed by atoms with van der Waals surface area (Å²) in [4.78, 5) is 12.6. The van der Waals surface area contributed by atoms with Gasteiger partial charge in [0.2, 0.25) is 5.91 Å². The smallest absolute Gasteiger partial charge is 0.226 e. The maximum Gasteiger partial charge on any atom is 0.226 e. The minimum atomic E-state index is -0.0304. The second kappa shape index (κ2) is 7.44. The molecular formula is C17H32N2O. The Hall–Kier alpha value is -0.570. The summed E-state index contributed by atoms with van der Waals surface area (Å²) in [6.07, 6.45) is 11.6. The fourth-order valence-corrected chi connectivity index (χ4v) is 3.92. The highest BCUT2D eigenvalue weighted by molar-refractivity contribution is 5.83. The van der Waals surface area contributed by atoms with Gasteiger partial charge in [-0.2, -0.15) is 0 Å². The van der Waals surface area contributed by atoms with Crippen LogP contribution in [0.15, 0.2) is 0 Å². The lowest BCUT2D eigenvalue weighted by atomic mass is 9.81. The molecule has 2 saturated carbocycles. The number of carbonyl (C=O) groups excluding carboxylic acids is 1. The molecule has 0 aromatic rings. The third kappa shape index (κ3) is 3.75. The Balaban J connectivity index is 1.76. The summed E-state index contributed by atoms with van der Waals surface area (Å²) >= 11 is 0. The van der Waals surface area contributed by atoms with Crippen molar-refractivity contribution < 1.29 is 4.79 Å². The van der Waals surface area contributed by atoms with Gasteiger partial charge in [0, 0.05) is 17.5 Å². The predicted octanol–water partition coefficient (Wildman–Crippen LogP) is 3.38. The van der Waals surface area contributed by atoms with Gasteiger partial charge in [0.15, 0.2) is 0 Å². The van der Waals surface area contributed by atoms with Crippen LogP contribution in [0.5, 0.6) is 0 Å². The summed E-state index contributed by atoms with van der Waals surface area (Å²) in [7, 11) is 0. The molecule has 0 aromatic carbocycles. The molecule has 0 saturated heterocycles. The summed E-state index contributed by atoms with van der Waals surface area (Å²) in [5.74, 6) is 0.350. The van der Waals surface area contributed by atoms with E-state index in [0.717, 1.165) is 38.6 Å². The minimum absolute atomic E-state index is 0.0304. The van der Waals surface area contributed by atoms with Crippen LogP contribution in [0, 0.1) is 5.41 Å². The molecule has 2 fully saturated rings. The molecule has 116 valence electrons. The molecule has 0 radical (unpaired) electrons. The van der Waals surface area contributed by atoms with E-state index < -0.39 is 0 Å². The van der Waals surface area contributed by atoms with Gasteiger partial charge in [-0.3, -0.25) is 4.79 Å². The highest BCUT2D eigenvalue weighted by Gasteiger charge is 2.40. The Morgan fingerprint density at radius 2 is 1.65 bits per heavy atom. The fraction of sp³-hybridized carbons (Fsp3) is 0.941. The molecule has 0 bridgehead atoms. The standard InChI is InChI=1S/C17H32N2O/c1-3-13-18-14-7-9-15(10-8-14)19-16(20)17(4-2)11-5-6-12-17/h14-15,18H,3-13H2,1-2H3,(H,19,20). The third-order valence-electron chi connectivity index (χ3n) is 5.46. The average Bonchev–Trinajstić information content (AvgIpc) is 2.97. The lowest BCUT2D eigenvalue weighted by Gasteiger charge is -2.33. The van der Waals surface area contributed by atoms with Crippen molar-refractivity contribution in [2.24, 2.45) is 5.41 Å². The minimum Gasteiger partial charge on any atom is -0.353 e. The van der Waals surface area contributed by atoms with Crippen molar-refractivity contribution in [1.82, 2.24) is 10.6 Å². The van der Waals surface area contributed by atoms with Crippen LogP contribution >= 0.6 is 0 Å². The Labute approximate surface area is 124 Å². The quantitative estimate of drug-likeness (QED) is 0.783. The third-order valence-corrected chi connectivity index (χ3v) is 5.46. The van der Waals surface area contributed by atoms with E-state index in [1.807, 2.05) is 0 Å². The maximum atomic E-state index is 12.6. The normalized spacial score (nSPS) is 29.3. The van der Waals surface area contributed by atoms with E-state index in [1.54, 1.807) is 0 Å². The first-order valence-electron chi connectivity index (χ1n) is 8.74. The van der Waals surface area contributed by atoms with Crippen molar-refractivity contribution in [1.29, 1.82) is 0 Å². The Morgan fingerprint density at radius 1 is 1.05 bits per heavy atom. The highest BCUT2D eigenvalue weighted by atomic mass is 16.2. The fourth-order valence-electron chi connectivity index (χ4n) is 3.92. The van der Waals surface area contributed by atoms with E-state index in [0.29, 0.717) is 18.0 Å². The second-order valence-electron chi connectivity index (χ2n) is 6.82. The van der Waals surface area contributed by atoms with E-state index in [1.165, 1.54) is 32.1 Å². The van der Waals surface area contributed by atoms with Crippen LogP contribution in [0.2, 0.25) is 0 Å². The lowest BCUT2D eigenvalue weighted by molar-refractivity contribution is -0.132. The summed E-state index contributed by atoms with van der Waals surface area (Å²) < 4.78 is 0. The SMILES string of the molecule is CCCNC1CCC(NC(=O)C2(CC)CCCC2)CC1. The van der Waals surface area contributed by atoms with Gasteiger partial charge in [0.05, 0.1) is 0 Å². The molecular weight excluding hydrogens is 248 g/mol. The van der Waals surface area contributed by atoms with Gasteiger partial charge in [-0.25, -0.2) is 0 Å². The number of hydrogen-bond acceptors (Lipinski definition) is 2. The van der Waals surface area contributed by atoms with Crippen LogP contribution in [-0.2, 0) is 4.79 Å². The number of hydrogen-bond donors (Lipinski definition) is 2. The first kappa shape index (κ1) is 15.8. The number of carbonyl (C=O) groups is 1. The van der Waals surface area contributed by atoms with Gasteiger partial charge >= 0.3 is 0 Å². The number of amides is 1. The topological polar surface area (TPSA) is 41.1 Å². The zero-order valence-corrected chi connectivity index (χ0v) is 13.3. The summed E-state index contributed by atoms with van der Waals surface area (Å²) in [6.45, 7) is 5.52. The average molecular weight is 280 g/mol. The van der Waals surface area contributed by atoms with E-state index in [-0.39, 0.29) is 5.41 Å². The van der Waals surface area contributed by atoms with Gasteiger partial charge in [0.25, 0.3) is 0 Å². The van der Waals surface area contributed by atoms with Gasteiger partial charge in [-0.05, 0) is 57.9 Å². The molecule has 0 spiro atoms. The monoisotopic (exact) mass is 280 g/mol. The molecule has 3 heteroatoms. The highest BCUT2D eigenvalue weighted by Crippen LogP contribution is 2.41. The second-order valence-corrected chi connectivity index (χ2v) is 6.82. The lowest BCUT2D eigenvalue weighted by Crippen LogP contribution is -2.47. The zero-order chi connectivity index (χ0) is 14.4. The Kier molecular flexibility index (Phi) is 5.88. The Bertz CT molecular complexity index is 302. The Morgan fingerprint density at radius 3 is 2.20 bits per heavy atom. The first-order chi connectivity index (χ1) is 9.70. The van der Waals surface area contributed by atoms with Crippen molar-refractivity contribution in [3.8, 4) is 0 Å². The molecule has 2 N–H and O–H groups in total. The molecule has 3 nitrogen and oxygen atoms in total. The van der Waals surface area contributed by atoms with Gasteiger partial charge < -0.3 is 10.6 Å². The van der Waals surface area contributed by atoms with Crippen LogP contribution in [0.1, 0.15) is 78.1 Å². The first-order valence-corrected chi connectivity index (χ1v) is 8.74.